The number of carbonyl (C=O) groups excluding carboxylic acids is 2. The van der Waals surface area contributed by atoms with Gasteiger partial charge in [-0.3, -0.25) is 25.0 Å². The summed E-state index contributed by atoms with van der Waals surface area (Å²) < 4.78 is 0. The molecule has 0 aliphatic carbocycles. The van der Waals surface area contributed by atoms with Crippen molar-refractivity contribution in [1.29, 1.82) is 0 Å². The van der Waals surface area contributed by atoms with Crippen LogP contribution in [-0.4, -0.2) is 26.9 Å². The topological polar surface area (TPSA) is 127 Å². The van der Waals surface area contributed by atoms with Gasteiger partial charge in [-0.05, 0) is 30.3 Å². The lowest BCUT2D eigenvalue weighted by Crippen LogP contribution is -2.13. The molecular formula is C18H15N5O4S. The number of nitrogens with zero attached hydrogens (tertiary/aromatic N) is 3. The van der Waals surface area contributed by atoms with Gasteiger partial charge in [-0.2, -0.15) is 0 Å². The van der Waals surface area contributed by atoms with Crippen LogP contribution in [0.4, 0.5) is 16.5 Å². The van der Waals surface area contributed by atoms with Gasteiger partial charge in [0.05, 0.1) is 4.92 Å². The number of amides is 2. The van der Waals surface area contributed by atoms with Crippen molar-refractivity contribution in [3.8, 4) is 10.6 Å². The monoisotopic (exact) mass is 397 g/mol. The summed E-state index contributed by atoms with van der Waals surface area (Å²) in [6.45, 7) is 1.74. The van der Waals surface area contributed by atoms with E-state index in [4.69, 9.17) is 0 Å². The van der Waals surface area contributed by atoms with Gasteiger partial charge in [-0.1, -0.05) is 24.3 Å². The highest BCUT2D eigenvalue weighted by Crippen LogP contribution is 2.28. The Morgan fingerprint density at radius 3 is 2.54 bits per heavy atom. The van der Waals surface area contributed by atoms with Gasteiger partial charge in [0.15, 0.2) is 0 Å². The molecule has 10 heteroatoms. The summed E-state index contributed by atoms with van der Waals surface area (Å²) in [7, 11) is 0. The van der Waals surface area contributed by atoms with E-state index >= 15 is 0 Å². The van der Waals surface area contributed by atoms with Gasteiger partial charge in [0.1, 0.15) is 5.01 Å². The number of anilines is 2. The van der Waals surface area contributed by atoms with E-state index in [2.05, 4.69) is 20.8 Å². The minimum Gasteiger partial charge on any atom is -0.326 e. The lowest BCUT2D eigenvalue weighted by molar-refractivity contribution is -0.384. The predicted molar refractivity (Wildman–Crippen MR) is 105 cm³/mol. The second kappa shape index (κ2) is 8.35. The third-order valence-electron chi connectivity index (χ3n) is 3.70. The van der Waals surface area contributed by atoms with E-state index in [0.29, 0.717) is 33.4 Å². The molecule has 0 saturated heterocycles. The fraction of sp³-hybridized carbons (Fsp3) is 0.111. The maximum Gasteiger partial charge on any atom is 0.269 e. The molecule has 3 rings (SSSR count). The fourth-order valence-electron chi connectivity index (χ4n) is 2.27. The number of nitro benzene ring substituents is 1. The Kier molecular flexibility index (Phi) is 5.70. The minimum atomic E-state index is -0.480. The number of nitrogens with one attached hydrogen (secondary N) is 2. The number of benzene rings is 2. The van der Waals surface area contributed by atoms with Crippen LogP contribution in [0, 0.1) is 10.1 Å². The summed E-state index contributed by atoms with van der Waals surface area (Å²) in [5.74, 6) is -0.534. The molecule has 0 spiro atoms. The minimum absolute atomic E-state index is 0.0168. The molecule has 3 aromatic rings. The summed E-state index contributed by atoms with van der Waals surface area (Å²) in [4.78, 5) is 34.1. The highest BCUT2D eigenvalue weighted by atomic mass is 32.1. The van der Waals surface area contributed by atoms with Crippen LogP contribution in [0.1, 0.15) is 23.7 Å². The van der Waals surface area contributed by atoms with Gasteiger partial charge in [0.2, 0.25) is 11.0 Å². The zero-order chi connectivity index (χ0) is 20.1. The molecule has 142 valence electrons. The molecule has 0 fully saturated rings. The first-order valence-corrected chi connectivity index (χ1v) is 9.07. The van der Waals surface area contributed by atoms with Crippen molar-refractivity contribution in [1.82, 2.24) is 10.2 Å². The number of hydrogen-bond donors (Lipinski definition) is 2. The molecular weight excluding hydrogens is 382 g/mol. The molecule has 2 amide bonds. The fourth-order valence-corrected chi connectivity index (χ4v) is 3.02. The Morgan fingerprint density at radius 2 is 1.86 bits per heavy atom. The summed E-state index contributed by atoms with van der Waals surface area (Å²) in [6.07, 6.45) is 0.340. The SMILES string of the molecule is CCC(=O)Nc1cccc(C(=O)Nc2nnc(-c3ccc([N+](=O)[O-])cc3)s2)c1. The molecule has 9 nitrogen and oxygen atoms in total. The van der Waals surface area contributed by atoms with E-state index in [1.54, 1.807) is 43.3 Å². The van der Waals surface area contributed by atoms with Crippen LogP contribution in [0.3, 0.4) is 0 Å². The first-order valence-electron chi connectivity index (χ1n) is 8.26. The van der Waals surface area contributed by atoms with E-state index < -0.39 is 4.92 Å². The summed E-state index contributed by atoms with van der Waals surface area (Å²) in [5.41, 5.74) is 1.54. The third kappa shape index (κ3) is 4.54. The summed E-state index contributed by atoms with van der Waals surface area (Å²) in [6, 6.07) is 12.5. The van der Waals surface area contributed by atoms with Gasteiger partial charge >= 0.3 is 0 Å². The molecule has 0 aliphatic rings. The van der Waals surface area contributed by atoms with E-state index in [9.17, 15) is 19.7 Å². The Labute approximate surface area is 163 Å². The molecule has 0 aliphatic heterocycles. The van der Waals surface area contributed by atoms with Gasteiger partial charge < -0.3 is 5.32 Å². The predicted octanol–water partition coefficient (Wildman–Crippen LogP) is 3.71. The average molecular weight is 397 g/mol. The quantitative estimate of drug-likeness (QED) is 0.482. The lowest BCUT2D eigenvalue weighted by atomic mass is 10.2. The molecule has 0 saturated carbocycles. The van der Waals surface area contributed by atoms with Gasteiger partial charge in [0, 0.05) is 35.4 Å². The van der Waals surface area contributed by atoms with Crippen LogP contribution < -0.4 is 10.6 Å². The van der Waals surface area contributed by atoms with E-state index in [1.165, 1.54) is 12.1 Å². The van der Waals surface area contributed by atoms with Crippen molar-refractivity contribution < 1.29 is 14.5 Å². The zero-order valence-electron chi connectivity index (χ0n) is 14.7. The first kappa shape index (κ1) is 19.1. The number of nitro groups is 1. The third-order valence-corrected chi connectivity index (χ3v) is 4.59. The zero-order valence-corrected chi connectivity index (χ0v) is 15.5. The van der Waals surface area contributed by atoms with Crippen molar-refractivity contribution >= 4 is 39.7 Å². The molecule has 0 radical (unpaired) electrons. The van der Waals surface area contributed by atoms with E-state index in [0.717, 1.165) is 11.3 Å². The van der Waals surface area contributed by atoms with Gasteiger partial charge in [0.25, 0.3) is 11.6 Å². The van der Waals surface area contributed by atoms with Crippen molar-refractivity contribution in [2.45, 2.75) is 13.3 Å². The van der Waals surface area contributed by atoms with Crippen LogP contribution in [-0.2, 0) is 4.79 Å². The average Bonchev–Trinajstić information content (AvgIpc) is 3.16. The highest BCUT2D eigenvalue weighted by Gasteiger charge is 2.13. The van der Waals surface area contributed by atoms with Crippen LogP contribution in [0.15, 0.2) is 48.5 Å². The second-order valence-electron chi connectivity index (χ2n) is 5.65. The molecule has 0 atom stereocenters. The number of rotatable bonds is 6. The molecule has 2 N–H and O–H groups in total. The lowest BCUT2D eigenvalue weighted by Gasteiger charge is -2.06. The normalized spacial score (nSPS) is 10.3. The van der Waals surface area contributed by atoms with Crippen LogP contribution in [0.25, 0.3) is 10.6 Å². The second-order valence-corrected chi connectivity index (χ2v) is 6.63. The van der Waals surface area contributed by atoms with Gasteiger partial charge in [-0.15, -0.1) is 10.2 Å². The molecule has 0 bridgehead atoms. The molecule has 2 aromatic carbocycles. The van der Waals surface area contributed by atoms with Crippen molar-refractivity contribution in [3.63, 3.8) is 0 Å². The maximum atomic E-state index is 12.4. The van der Waals surface area contributed by atoms with Gasteiger partial charge in [-0.25, -0.2) is 0 Å². The Balaban J connectivity index is 1.71. The Bertz CT molecular complexity index is 1030. The standard InChI is InChI=1S/C18H15N5O4S/c1-2-15(24)19-13-5-3-4-12(10-13)16(25)20-18-22-21-17(28-18)11-6-8-14(9-7-11)23(26)27/h3-10H,2H2,1H3,(H,19,24)(H,20,22,25). The van der Waals surface area contributed by atoms with E-state index in [-0.39, 0.29) is 17.5 Å². The number of non-ortho nitro benzene ring substituents is 1. The summed E-state index contributed by atoms with van der Waals surface area (Å²) >= 11 is 1.15. The number of carbonyl (C=O) groups is 2. The smallest absolute Gasteiger partial charge is 0.269 e. The molecule has 1 aromatic heterocycles. The first-order chi connectivity index (χ1) is 13.5. The molecule has 1 heterocycles. The van der Waals surface area contributed by atoms with Crippen LogP contribution in [0.5, 0.6) is 0 Å². The Morgan fingerprint density at radius 1 is 1.11 bits per heavy atom. The number of aromatic nitrogens is 2. The largest absolute Gasteiger partial charge is 0.326 e. The number of hydrogen-bond acceptors (Lipinski definition) is 7. The van der Waals surface area contributed by atoms with Crippen LogP contribution in [0.2, 0.25) is 0 Å². The van der Waals surface area contributed by atoms with Crippen molar-refractivity contribution in [3.05, 3.63) is 64.2 Å². The molecule has 28 heavy (non-hydrogen) atoms. The Hall–Kier alpha value is -3.66. The van der Waals surface area contributed by atoms with Crippen LogP contribution >= 0.6 is 11.3 Å². The van der Waals surface area contributed by atoms with Crippen molar-refractivity contribution in [2.24, 2.45) is 0 Å². The molecule has 0 unspecified atom stereocenters. The highest BCUT2D eigenvalue weighted by molar-refractivity contribution is 7.18. The summed E-state index contributed by atoms with van der Waals surface area (Å²) in [5, 5.41) is 24.8. The van der Waals surface area contributed by atoms with Crippen molar-refractivity contribution in [2.75, 3.05) is 10.6 Å². The maximum absolute atomic E-state index is 12.4. The van der Waals surface area contributed by atoms with E-state index in [1.807, 2.05) is 0 Å².